The summed E-state index contributed by atoms with van der Waals surface area (Å²) in [6.45, 7) is 3.39. The lowest BCUT2D eigenvalue weighted by Gasteiger charge is -2.16. The molecule has 0 aliphatic rings. The monoisotopic (exact) mass is 265 g/mol. The second kappa shape index (κ2) is 7.41. The van der Waals surface area contributed by atoms with E-state index >= 15 is 0 Å². The van der Waals surface area contributed by atoms with Gasteiger partial charge in [-0.05, 0) is 24.6 Å². The lowest BCUT2D eigenvalue weighted by atomic mass is 10.1. The largest absolute Gasteiger partial charge is 0.497 e. The number of nitrogens with one attached hydrogen (secondary N) is 1. The zero-order valence-corrected chi connectivity index (χ0v) is 11.4. The Hall–Kier alpha value is -2.04. The Balaban J connectivity index is 2.80. The maximum Gasteiger partial charge on any atom is 0.328 e. The Morgan fingerprint density at radius 1 is 1.37 bits per heavy atom. The van der Waals surface area contributed by atoms with Crippen LogP contribution in [-0.4, -0.2) is 31.6 Å². The predicted octanol–water partition coefficient (Wildman–Crippen LogP) is 1.31. The highest BCUT2D eigenvalue weighted by atomic mass is 16.5. The second-order valence-corrected chi connectivity index (χ2v) is 4.06. The van der Waals surface area contributed by atoms with Gasteiger partial charge in [0.05, 0.1) is 13.7 Å². The molecule has 1 aromatic rings. The van der Waals surface area contributed by atoms with E-state index < -0.39 is 12.0 Å². The molecule has 0 spiro atoms. The minimum atomic E-state index is -0.676. The quantitative estimate of drug-likeness (QED) is 0.788. The highest BCUT2D eigenvalue weighted by Gasteiger charge is 2.21. The Kier molecular flexibility index (Phi) is 5.85. The molecule has 1 amide bonds. The van der Waals surface area contributed by atoms with Gasteiger partial charge in [0.25, 0.3) is 0 Å². The van der Waals surface area contributed by atoms with Crippen molar-refractivity contribution in [2.75, 3.05) is 13.7 Å². The third-order valence-corrected chi connectivity index (χ3v) is 2.52. The number of carbonyl (C=O) groups excluding carboxylic acids is 2. The van der Waals surface area contributed by atoms with Gasteiger partial charge in [-0.15, -0.1) is 0 Å². The van der Waals surface area contributed by atoms with Gasteiger partial charge < -0.3 is 14.8 Å². The Labute approximate surface area is 112 Å². The first kappa shape index (κ1) is 15.0. The summed E-state index contributed by atoms with van der Waals surface area (Å²) in [6, 6.07) is 6.68. The third-order valence-electron chi connectivity index (χ3n) is 2.52. The minimum Gasteiger partial charge on any atom is -0.497 e. The Morgan fingerprint density at radius 2 is 2.11 bits per heavy atom. The molecule has 1 unspecified atom stereocenters. The van der Waals surface area contributed by atoms with Crippen LogP contribution in [0.5, 0.6) is 5.75 Å². The van der Waals surface area contributed by atoms with Crippen molar-refractivity contribution in [3.05, 3.63) is 29.8 Å². The summed E-state index contributed by atoms with van der Waals surface area (Å²) in [5, 5.41) is 2.60. The van der Waals surface area contributed by atoms with Gasteiger partial charge in [0.1, 0.15) is 11.8 Å². The molecular formula is C14H19NO4. The van der Waals surface area contributed by atoms with Crippen LogP contribution in [0.15, 0.2) is 24.3 Å². The zero-order chi connectivity index (χ0) is 14.3. The number of esters is 1. The average Bonchev–Trinajstić information content (AvgIpc) is 2.38. The third kappa shape index (κ3) is 4.99. The summed E-state index contributed by atoms with van der Waals surface area (Å²) in [5.41, 5.74) is 0.895. The number of methoxy groups -OCH3 is 1. The number of hydrogen-bond donors (Lipinski definition) is 1. The average molecular weight is 265 g/mol. The first-order valence-corrected chi connectivity index (χ1v) is 6.13. The standard InChI is InChI=1S/C14H19NO4/c1-4-19-14(17)13(15-10(2)16)9-11-6-5-7-12(8-11)18-3/h5-8,13H,4,9H2,1-3H3,(H,15,16). The molecule has 0 saturated carbocycles. The fraction of sp³-hybridized carbons (Fsp3) is 0.429. The molecule has 0 fully saturated rings. The molecule has 0 bridgehead atoms. The van der Waals surface area contributed by atoms with Gasteiger partial charge >= 0.3 is 5.97 Å². The highest BCUT2D eigenvalue weighted by molar-refractivity contribution is 5.83. The van der Waals surface area contributed by atoms with E-state index in [1.54, 1.807) is 14.0 Å². The van der Waals surface area contributed by atoms with Gasteiger partial charge in [-0.3, -0.25) is 4.79 Å². The van der Waals surface area contributed by atoms with Crippen LogP contribution in [0.25, 0.3) is 0 Å². The lowest BCUT2D eigenvalue weighted by molar-refractivity contribution is -0.147. The van der Waals surface area contributed by atoms with Gasteiger partial charge in [0, 0.05) is 13.3 Å². The van der Waals surface area contributed by atoms with Crippen molar-refractivity contribution in [3.8, 4) is 5.75 Å². The molecule has 1 rings (SSSR count). The normalized spacial score (nSPS) is 11.5. The number of ether oxygens (including phenoxy) is 2. The highest BCUT2D eigenvalue weighted by Crippen LogP contribution is 2.14. The van der Waals surface area contributed by atoms with E-state index in [9.17, 15) is 9.59 Å². The van der Waals surface area contributed by atoms with Crippen molar-refractivity contribution in [3.63, 3.8) is 0 Å². The Morgan fingerprint density at radius 3 is 2.68 bits per heavy atom. The Bertz CT molecular complexity index is 445. The van der Waals surface area contributed by atoms with E-state index in [0.29, 0.717) is 12.2 Å². The lowest BCUT2D eigenvalue weighted by Crippen LogP contribution is -2.42. The summed E-state index contributed by atoms with van der Waals surface area (Å²) in [5.74, 6) is 0.0180. The zero-order valence-electron chi connectivity index (χ0n) is 11.4. The van der Waals surface area contributed by atoms with Gasteiger partial charge in [-0.2, -0.15) is 0 Å². The molecule has 104 valence electrons. The molecule has 0 aromatic heterocycles. The van der Waals surface area contributed by atoms with Crippen molar-refractivity contribution in [1.82, 2.24) is 5.32 Å². The van der Waals surface area contributed by atoms with Gasteiger partial charge in [0.2, 0.25) is 5.91 Å². The fourth-order valence-corrected chi connectivity index (χ4v) is 1.72. The maximum absolute atomic E-state index is 11.8. The number of carbonyl (C=O) groups is 2. The van der Waals surface area contributed by atoms with Crippen molar-refractivity contribution >= 4 is 11.9 Å². The van der Waals surface area contributed by atoms with Crippen LogP contribution >= 0.6 is 0 Å². The minimum absolute atomic E-state index is 0.263. The smallest absolute Gasteiger partial charge is 0.328 e. The first-order chi connectivity index (χ1) is 9.06. The molecule has 1 N–H and O–H groups in total. The fourth-order valence-electron chi connectivity index (χ4n) is 1.72. The van der Waals surface area contributed by atoms with Crippen LogP contribution in [-0.2, 0) is 20.7 Å². The maximum atomic E-state index is 11.8. The predicted molar refractivity (Wildman–Crippen MR) is 70.9 cm³/mol. The summed E-state index contributed by atoms with van der Waals surface area (Å²) < 4.78 is 10.1. The van der Waals surface area contributed by atoms with Crippen LogP contribution in [0, 0.1) is 0 Å². The van der Waals surface area contributed by atoms with Crippen molar-refractivity contribution in [2.24, 2.45) is 0 Å². The van der Waals surface area contributed by atoms with Crippen LogP contribution in [0.3, 0.4) is 0 Å². The molecular weight excluding hydrogens is 246 g/mol. The molecule has 19 heavy (non-hydrogen) atoms. The van der Waals surface area contributed by atoms with E-state index in [4.69, 9.17) is 9.47 Å². The second-order valence-electron chi connectivity index (χ2n) is 4.06. The topological polar surface area (TPSA) is 64.6 Å². The number of amides is 1. The van der Waals surface area contributed by atoms with E-state index in [0.717, 1.165) is 5.56 Å². The van der Waals surface area contributed by atoms with Crippen LogP contribution in [0.1, 0.15) is 19.4 Å². The van der Waals surface area contributed by atoms with Gasteiger partial charge in [-0.25, -0.2) is 4.79 Å². The van der Waals surface area contributed by atoms with Gasteiger partial charge in [-0.1, -0.05) is 12.1 Å². The van der Waals surface area contributed by atoms with E-state index in [2.05, 4.69) is 5.32 Å². The van der Waals surface area contributed by atoms with Crippen LogP contribution < -0.4 is 10.1 Å². The molecule has 0 aliphatic heterocycles. The molecule has 5 nitrogen and oxygen atoms in total. The van der Waals surface area contributed by atoms with Gasteiger partial charge in [0.15, 0.2) is 0 Å². The van der Waals surface area contributed by atoms with E-state index in [-0.39, 0.29) is 12.5 Å². The van der Waals surface area contributed by atoms with E-state index in [1.807, 2.05) is 24.3 Å². The molecule has 5 heteroatoms. The van der Waals surface area contributed by atoms with Crippen LogP contribution in [0.4, 0.5) is 0 Å². The number of hydrogen-bond acceptors (Lipinski definition) is 4. The molecule has 0 heterocycles. The number of benzene rings is 1. The molecule has 1 atom stereocenters. The first-order valence-electron chi connectivity index (χ1n) is 6.13. The van der Waals surface area contributed by atoms with Crippen molar-refractivity contribution in [1.29, 1.82) is 0 Å². The summed E-state index contributed by atoms with van der Waals surface area (Å²) >= 11 is 0. The molecule has 1 aromatic carbocycles. The SMILES string of the molecule is CCOC(=O)C(Cc1cccc(OC)c1)NC(C)=O. The molecule has 0 saturated heterocycles. The molecule has 0 radical (unpaired) electrons. The summed E-state index contributed by atoms with van der Waals surface area (Å²) in [6.07, 6.45) is 0.371. The number of rotatable bonds is 6. The van der Waals surface area contributed by atoms with Crippen molar-refractivity contribution < 1.29 is 19.1 Å². The summed E-state index contributed by atoms with van der Waals surface area (Å²) in [7, 11) is 1.58. The van der Waals surface area contributed by atoms with Crippen LogP contribution in [0.2, 0.25) is 0 Å². The molecule has 0 aliphatic carbocycles. The van der Waals surface area contributed by atoms with Crippen molar-refractivity contribution in [2.45, 2.75) is 26.3 Å². The summed E-state index contributed by atoms with van der Waals surface area (Å²) in [4.78, 5) is 22.9. The van der Waals surface area contributed by atoms with E-state index in [1.165, 1.54) is 6.92 Å².